The van der Waals surface area contributed by atoms with Gasteiger partial charge in [0.25, 0.3) is 0 Å². The summed E-state index contributed by atoms with van der Waals surface area (Å²) in [6, 6.07) is 3.51. The van der Waals surface area contributed by atoms with Crippen molar-refractivity contribution < 1.29 is 13.7 Å². The van der Waals surface area contributed by atoms with Gasteiger partial charge in [0.2, 0.25) is 0 Å². The van der Waals surface area contributed by atoms with E-state index in [2.05, 4.69) is 10.1 Å². The summed E-state index contributed by atoms with van der Waals surface area (Å²) in [5.74, 6) is 0. The molecule has 3 rings (SSSR count). The summed E-state index contributed by atoms with van der Waals surface area (Å²) in [6.07, 6.45) is 3.12. The average molecular weight is 303 g/mol. The van der Waals surface area contributed by atoms with Gasteiger partial charge in [0, 0.05) is 0 Å². The van der Waals surface area contributed by atoms with Crippen LogP contribution in [0.5, 0.6) is 0 Å². The van der Waals surface area contributed by atoms with E-state index in [0.717, 1.165) is 11.3 Å². The number of hydrogen-bond acceptors (Lipinski definition) is 4. The Hall–Kier alpha value is -1.73. The summed E-state index contributed by atoms with van der Waals surface area (Å²) in [5.41, 5.74) is 0.439. The Labute approximate surface area is 129 Å². The number of aromatic nitrogens is 3. The summed E-state index contributed by atoms with van der Waals surface area (Å²) in [4.78, 5) is 4.29. The van der Waals surface area contributed by atoms with Crippen molar-refractivity contribution >= 4 is 18.8 Å². The number of hydrogen-bond donors (Lipinski definition) is 0. The highest BCUT2D eigenvalue weighted by Crippen LogP contribution is 2.38. The quantitative estimate of drug-likeness (QED) is 0.800. The highest BCUT2D eigenvalue weighted by molar-refractivity contribution is 6.54. The van der Waals surface area contributed by atoms with Crippen LogP contribution in [0.1, 0.15) is 39.1 Å². The molecule has 7 heteroatoms. The Balaban J connectivity index is 1.87. The van der Waals surface area contributed by atoms with Crippen molar-refractivity contribution in [3.05, 3.63) is 35.4 Å². The zero-order chi connectivity index (χ0) is 16.1. The van der Waals surface area contributed by atoms with Crippen LogP contribution in [0.25, 0.3) is 11.7 Å². The van der Waals surface area contributed by atoms with Crippen LogP contribution in [0.3, 0.4) is 0 Å². The highest BCUT2D eigenvalue weighted by Gasteiger charge is 2.53. The average Bonchev–Trinajstić information content (AvgIpc) is 2.85. The molecule has 1 fully saturated rings. The van der Waals surface area contributed by atoms with Crippen LogP contribution in [0, 0.1) is 6.92 Å². The number of rotatable bonds is 2. The molecule has 5 nitrogen and oxygen atoms in total. The van der Waals surface area contributed by atoms with Gasteiger partial charge in [-0.2, -0.15) is 5.10 Å². The van der Waals surface area contributed by atoms with Gasteiger partial charge in [0.05, 0.1) is 28.8 Å². The third-order valence-electron chi connectivity index (χ3n) is 4.23. The normalized spacial score (nSPS) is 20.8. The lowest BCUT2D eigenvalue weighted by atomic mass is 9.87. The minimum Gasteiger partial charge on any atom is -0.398 e. The fraction of sp³-hybridized carbons (Fsp3) is 0.467. The molecule has 1 saturated heterocycles. The van der Waals surface area contributed by atoms with Gasteiger partial charge in [-0.25, -0.2) is 13.9 Å². The molecule has 2 aromatic rings. The molecule has 0 radical (unpaired) electrons. The van der Waals surface area contributed by atoms with E-state index >= 15 is 0 Å². The number of imidazole rings is 1. The summed E-state index contributed by atoms with van der Waals surface area (Å²) < 4.78 is 27.4. The summed E-state index contributed by atoms with van der Waals surface area (Å²) in [5, 5.41) is 4.31. The van der Waals surface area contributed by atoms with E-state index in [-0.39, 0.29) is 0 Å². The fourth-order valence-electron chi connectivity index (χ4n) is 2.26. The van der Waals surface area contributed by atoms with Gasteiger partial charge < -0.3 is 9.31 Å². The molecule has 0 amide bonds. The Morgan fingerprint density at radius 3 is 2.50 bits per heavy atom. The summed E-state index contributed by atoms with van der Waals surface area (Å²) in [6.45, 7) is 9.44. The lowest BCUT2D eigenvalue weighted by molar-refractivity contribution is 0.00578. The monoisotopic (exact) mass is 303 g/mol. The minimum absolute atomic E-state index is 0.483. The molecule has 2 aromatic heterocycles. The maximum atomic E-state index is 14.4. The van der Waals surface area contributed by atoms with Gasteiger partial charge in [-0.05, 0) is 52.8 Å². The zero-order valence-corrected chi connectivity index (χ0v) is 13.4. The molecule has 3 heterocycles. The van der Waals surface area contributed by atoms with Gasteiger partial charge in [0.15, 0.2) is 5.65 Å². The Bertz CT molecular complexity index is 738. The zero-order valence-electron chi connectivity index (χ0n) is 13.4. The lowest BCUT2D eigenvalue weighted by Crippen LogP contribution is -2.41. The highest BCUT2D eigenvalue weighted by atomic mass is 19.1. The molecule has 22 heavy (non-hydrogen) atoms. The minimum atomic E-state index is -1.01. The largest absolute Gasteiger partial charge is 0.525 e. The van der Waals surface area contributed by atoms with Crippen LogP contribution in [-0.2, 0) is 9.31 Å². The van der Waals surface area contributed by atoms with Gasteiger partial charge in [0.1, 0.15) is 5.73 Å². The second-order valence-corrected chi connectivity index (χ2v) is 6.56. The lowest BCUT2D eigenvalue weighted by Gasteiger charge is -2.32. The first-order chi connectivity index (χ1) is 10.2. The van der Waals surface area contributed by atoms with Crippen molar-refractivity contribution in [3.8, 4) is 0 Å². The second-order valence-electron chi connectivity index (χ2n) is 6.56. The first-order valence-electron chi connectivity index (χ1n) is 7.24. The topological polar surface area (TPSA) is 48.7 Å². The molecule has 0 atom stereocenters. The Morgan fingerprint density at radius 2 is 1.86 bits per heavy atom. The Morgan fingerprint density at radius 1 is 1.23 bits per heavy atom. The van der Waals surface area contributed by atoms with Gasteiger partial charge in [-0.15, -0.1) is 0 Å². The molecule has 0 N–H and O–H groups in total. The molecule has 0 bridgehead atoms. The second kappa shape index (κ2) is 4.89. The van der Waals surface area contributed by atoms with Gasteiger partial charge >= 0.3 is 7.12 Å². The molecule has 1 aliphatic heterocycles. The molecule has 0 spiro atoms. The maximum absolute atomic E-state index is 14.4. The number of aryl methyl sites for hydroxylation is 1. The van der Waals surface area contributed by atoms with Crippen LogP contribution in [-0.4, -0.2) is 32.9 Å². The van der Waals surface area contributed by atoms with Gasteiger partial charge in [-0.1, -0.05) is 0 Å². The Kier molecular flexibility index (Phi) is 3.38. The van der Waals surface area contributed by atoms with E-state index in [9.17, 15) is 4.39 Å². The van der Waals surface area contributed by atoms with Crippen molar-refractivity contribution in [3.63, 3.8) is 0 Å². The van der Waals surface area contributed by atoms with Crippen molar-refractivity contribution in [1.29, 1.82) is 0 Å². The van der Waals surface area contributed by atoms with E-state index in [1.54, 1.807) is 22.8 Å². The van der Waals surface area contributed by atoms with Crippen LogP contribution in [0.15, 0.2) is 24.1 Å². The van der Waals surface area contributed by atoms with E-state index in [4.69, 9.17) is 9.31 Å². The first-order valence-corrected chi connectivity index (χ1v) is 7.24. The number of halogens is 1. The molecule has 0 unspecified atom stereocenters. The van der Waals surface area contributed by atoms with E-state index in [0.29, 0.717) is 5.69 Å². The third-order valence-corrected chi connectivity index (χ3v) is 4.23. The van der Waals surface area contributed by atoms with Crippen LogP contribution in [0.2, 0.25) is 0 Å². The van der Waals surface area contributed by atoms with Crippen LogP contribution < -0.4 is 0 Å². The van der Waals surface area contributed by atoms with Crippen LogP contribution in [0.4, 0.5) is 4.39 Å². The van der Waals surface area contributed by atoms with E-state index in [1.165, 1.54) is 6.08 Å². The molecular formula is C15H19BFN3O2. The van der Waals surface area contributed by atoms with E-state index < -0.39 is 24.0 Å². The predicted octanol–water partition coefficient (Wildman–Crippen LogP) is 2.98. The third kappa shape index (κ3) is 2.55. The SMILES string of the molecule is Cc1cn2nc(C=C(F)B3OC(C)(C)C(C)(C)O3)ccc2n1. The predicted molar refractivity (Wildman–Crippen MR) is 82.9 cm³/mol. The summed E-state index contributed by atoms with van der Waals surface area (Å²) >= 11 is 0. The molecule has 0 aromatic carbocycles. The number of fused-ring (bicyclic) bond motifs is 1. The van der Waals surface area contributed by atoms with Crippen molar-refractivity contribution in [2.24, 2.45) is 0 Å². The molecule has 0 saturated carbocycles. The molecule has 116 valence electrons. The van der Waals surface area contributed by atoms with E-state index in [1.807, 2.05) is 34.6 Å². The van der Waals surface area contributed by atoms with Crippen molar-refractivity contribution in [1.82, 2.24) is 14.6 Å². The number of nitrogens with zero attached hydrogens (tertiary/aromatic N) is 3. The fourth-order valence-corrected chi connectivity index (χ4v) is 2.26. The maximum Gasteiger partial charge on any atom is 0.525 e. The molecule has 0 aliphatic carbocycles. The van der Waals surface area contributed by atoms with Gasteiger partial charge in [-0.3, -0.25) is 0 Å². The first kappa shape index (κ1) is 15.2. The smallest absolute Gasteiger partial charge is 0.398 e. The van der Waals surface area contributed by atoms with Crippen molar-refractivity contribution in [2.45, 2.75) is 45.8 Å². The molecule has 1 aliphatic rings. The van der Waals surface area contributed by atoms with Crippen LogP contribution >= 0.6 is 0 Å². The standard InChI is InChI=1S/C15H19BFN3O2/c1-10-9-20-13(18-10)7-6-11(19-20)8-12(17)16-21-14(2,3)15(4,5)22-16/h6-9H,1-5H3. The molecular weight excluding hydrogens is 284 g/mol. The summed E-state index contributed by atoms with van der Waals surface area (Å²) in [7, 11) is -1.01. The van der Waals surface area contributed by atoms with Crippen molar-refractivity contribution in [2.75, 3.05) is 0 Å².